The highest BCUT2D eigenvalue weighted by Gasteiger charge is 2.42. The fourth-order valence-corrected chi connectivity index (χ4v) is 5.10. The van der Waals surface area contributed by atoms with Crippen LogP contribution >= 0.6 is 11.8 Å². The number of rotatable bonds is 6. The van der Waals surface area contributed by atoms with Crippen molar-refractivity contribution in [2.24, 2.45) is 5.92 Å². The van der Waals surface area contributed by atoms with Gasteiger partial charge in [0.25, 0.3) is 0 Å². The molecule has 1 fully saturated rings. The number of sulfonamides is 1. The number of hydrogen-bond donors (Lipinski definition) is 1. The minimum Gasteiger partial charge on any atom is -0.212 e. The van der Waals surface area contributed by atoms with Crippen molar-refractivity contribution in [3.63, 3.8) is 0 Å². The smallest absolute Gasteiger partial charge is 0.212 e. The lowest BCUT2D eigenvalue weighted by molar-refractivity contribution is -0.143. The summed E-state index contributed by atoms with van der Waals surface area (Å²) in [5.41, 5.74) is 0. The first-order valence-corrected chi connectivity index (χ1v) is 8.79. The van der Waals surface area contributed by atoms with Crippen LogP contribution in [0.3, 0.4) is 0 Å². The Morgan fingerprint density at radius 3 is 2.32 bits per heavy atom. The van der Waals surface area contributed by atoms with Gasteiger partial charge in [-0.2, -0.15) is 24.9 Å². The van der Waals surface area contributed by atoms with E-state index >= 15 is 0 Å². The van der Waals surface area contributed by atoms with Crippen LogP contribution < -0.4 is 4.72 Å². The van der Waals surface area contributed by atoms with Crippen molar-refractivity contribution in [2.75, 3.05) is 11.5 Å². The van der Waals surface area contributed by atoms with E-state index in [2.05, 4.69) is 4.72 Å². The molecule has 0 aromatic rings. The Labute approximate surface area is 116 Å². The zero-order valence-electron chi connectivity index (χ0n) is 11.3. The topological polar surface area (TPSA) is 46.2 Å². The van der Waals surface area contributed by atoms with E-state index in [4.69, 9.17) is 0 Å². The van der Waals surface area contributed by atoms with Gasteiger partial charge in [-0.25, -0.2) is 13.1 Å². The third kappa shape index (κ3) is 5.51. The minimum absolute atomic E-state index is 0.182. The number of thioether (sulfide) groups is 1. The van der Waals surface area contributed by atoms with Crippen LogP contribution in [0.2, 0.25) is 0 Å². The second-order valence-electron chi connectivity index (χ2n) is 5.46. The Balaban J connectivity index is 2.58. The summed E-state index contributed by atoms with van der Waals surface area (Å²) >= 11 is 1.64. The maximum atomic E-state index is 12.3. The van der Waals surface area contributed by atoms with Crippen molar-refractivity contribution in [2.45, 2.75) is 50.6 Å². The molecule has 2 atom stereocenters. The van der Waals surface area contributed by atoms with E-state index in [1.807, 2.05) is 13.8 Å². The average molecular weight is 319 g/mol. The lowest BCUT2D eigenvalue weighted by Gasteiger charge is -2.43. The molecule has 0 aromatic carbocycles. The Kier molecular flexibility index (Phi) is 5.23. The van der Waals surface area contributed by atoms with Gasteiger partial charge >= 0.3 is 6.18 Å². The van der Waals surface area contributed by atoms with E-state index < -0.39 is 34.3 Å². The molecule has 0 saturated carbocycles. The van der Waals surface area contributed by atoms with E-state index in [1.165, 1.54) is 0 Å². The number of nitrogens with one attached hydrogen (secondary N) is 1. The molecule has 8 heteroatoms. The molecule has 19 heavy (non-hydrogen) atoms. The highest BCUT2D eigenvalue weighted by atomic mass is 32.2. The Morgan fingerprint density at radius 2 is 2.00 bits per heavy atom. The summed E-state index contributed by atoms with van der Waals surface area (Å²) in [6, 6.07) is -0.189. The molecule has 1 saturated heterocycles. The van der Waals surface area contributed by atoms with Crippen molar-refractivity contribution < 1.29 is 21.6 Å². The summed E-state index contributed by atoms with van der Waals surface area (Å²) in [6.07, 6.45) is -5.17. The molecule has 0 bridgehead atoms. The monoisotopic (exact) mass is 319 g/mol. The van der Waals surface area contributed by atoms with Crippen molar-refractivity contribution in [1.82, 2.24) is 4.72 Å². The minimum atomic E-state index is -4.32. The van der Waals surface area contributed by atoms with Gasteiger partial charge in [0.15, 0.2) is 0 Å². The molecule has 1 aliphatic heterocycles. The van der Waals surface area contributed by atoms with Gasteiger partial charge in [-0.05, 0) is 19.8 Å². The Morgan fingerprint density at radius 1 is 1.42 bits per heavy atom. The molecule has 0 radical (unpaired) electrons. The van der Waals surface area contributed by atoms with Crippen LogP contribution in [0.1, 0.15) is 33.6 Å². The number of alkyl halides is 3. The van der Waals surface area contributed by atoms with E-state index in [0.29, 0.717) is 5.75 Å². The van der Waals surface area contributed by atoms with E-state index in [0.717, 1.165) is 0 Å². The maximum Gasteiger partial charge on any atom is 0.389 e. The number of hydrogen-bond acceptors (Lipinski definition) is 3. The summed E-state index contributed by atoms with van der Waals surface area (Å²) in [4.78, 5) is 0. The molecule has 1 N–H and O–H groups in total. The van der Waals surface area contributed by atoms with Gasteiger partial charge < -0.3 is 0 Å². The number of halogens is 3. The molecule has 0 aromatic heterocycles. The van der Waals surface area contributed by atoms with Crippen LogP contribution in [-0.2, 0) is 10.0 Å². The Hall–Kier alpha value is 0.0500. The second kappa shape index (κ2) is 5.81. The van der Waals surface area contributed by atoms with Gasteiger partial charge in [0.1, 0.15) is 0 Å². The van der Waals surface area contributed by atoms with Crippen molar-refractivity contribution in [3.05, 3.63) is 0 Å². The zero-order chi connectivity index (χ0) is 14.9. The van der Waals surface area contributed by atoms with Crippen molar-refractivity contribution >= 4 is 21.8 Å². The van der Waals surface area contributed by atoms with Crippen molar-refractivity contribution in [1.29, 1.82) is 0 Å². The van der Waals surface area contributed by atoms with Crippen LogP contribution in [0.5, 0.6) is 0 Å². The van der Waals surface area contributed by atoms with Crippen LogP contribution in [0.4, 0.5) is 13.2 Å². The molecule has 2 unspecified atom stereocenters. The summed E-state index contributed by atoms with van der Waals surface area (Å²) < 4.78 is 63.1. The largest absolute Gasteiger partial charge is 0.389 e. The van der Waals surface area contributed by atoms with Gasteiger partial charge in [0.2, 0.25) is 10.0 Å². The fraction of sp³-hybridized carbons (Fsp3) is 1.00. The molecular formula is C11H20F3NO2S2. The van der Waals surface area contributed by atoms with Crippen LogP contribution in [0, 0.1) is 5.92 Å². The van der Waals surface area contributed by atoms with Gasteiger partial charge in [-0.15, -0.1) is 0 Å². The van der Waals surface area contributed by atoms with E-state index in [9.17, 15) is 21.6 Å². The lowest BCUT2D eigenvalue weighted by atomic mass is 10.1. The molecule has 114 valence electrons. The molecular weight excluding hydrogens is 299 g/mol. The zero-order valence-corrected chi connectivity index (χ0v) is 12.9. The van der Waals surface area contributed by atoms with Crippen LogP contribution in [-0.4, -0.2) is 36.9 Å². The van der Waals surface area contributed by atoms with Crippen molar-refractivity contribution in [3.8, 4) is 0 Å². The van der Waals surface area contributed by atoms with E-state index in [-0.39, 0.29) is 17.2 Å². The molecule has 1 heterocycles. The van der Waals surface area contributed by atoms with Gasteiger partial charge in [-0.3, -0.25) is 0 Å². The first kappa shape index (κ1) is 17.1. The molecule has 0 amide bonds. The summed E-state index contributed by atoms with van der Waals surface area (Å²) in [6.45, 7) is 5.41. The summed E-state index contributed by atoms with van der Waals surface area (Å²) in [5, 5.41) is 0. The fourth-order valence-electron chi connectivity index (χ4n) is 1.90. The third-order valence-corrected chi connectivity index (χ3v) is 6.42. The standard InChI is InChI=1S/C11H20F3NO2S2/c1-4-8(5-11(12,13)14)7-19(16,17)15-9-6-18-10(9,2)3/h8-9,15H,4-7H2,1-3H3. The highest BCUT2D eigenvalue weighted by molar-refractivity contribution is 8.02. The molecule has 0 spiro atoms. The normalized spacial score (nSPS) is 24.8. The molecule has 1 aliphatic rings. The van der Waals surface area contributed by atoms with E-state index in [1.54, 1.807) is 18.7 Å². The predicted molar refractivity (Wildman–Crippen MR) is 71.7 cm³/mol. The molecule has 1 rings (SSSR count). The summed E-state index contributed by atoms with van der Waals surface area (Å²) in [7, 11) is -3.66. The molecule has 3 nitrogen and oxygen atoms in total. The predicted octanol–water partition coefficient (Wildman–Crippen LogP) is 2.78. The van der Waals surface area contributed by atoms with Gasteiger partial charge in [0, 0.05) is 23.0 Å². The maximum absolute atomic E-state index is 12.3. The van der Waals surface area contributed by atoms with Gasteiger partial charge in [0.05, 0.1) is 5.75 Å². The Bertz CT molecular complexity index is 407. The average Bonchev–Trinajstić information content (AvgIpc) is 2.21. The lowest BCUT2D eigenvalue weighted by Crippen LogP contribution is -2.57. The third-order valence-electron chi connectivity index (χ3n) is 3.34. The first-order valence-electron chi connectivity index (χ1n) is 6.16. The summed E-state index contributed by atoms with van der Waals surface area (Å²) in [5.74, 6) is -0.670. The highest BCUT2D eigenvalue weighted by Crippen LogP contribution is 2.40. The second-order valence-corrected chi connectivity index (χ2v) is 8.93. The SMILES string of the molecule is CCC(CC(F)(F)F)CS(=O)(=O)NC1CSC1(C)C. The first-order chi connectivity index (χ1) is 8.45. The quantitative estimate of drug-likeness (QED) is 0.819. The van der Waals surface area contributed by atoms with Gasteiger partial charge in [-0.1, -0.05) is 13.3 Å². The van der Waals surface area contributed by atoms with Crippen LogP contribution in [0.25, 0.3) is 0 Å². The molecule has 0 aliphatic carbocycles. The van der Waals surface area contributed by atoms with Crippen LogP contribution in [0.15, 0.2) is 0 Å².